The van der Waals surface area contributed by atoms with Gasteiger partial charge in [0.1, 0.15) is 15.6 Å². The molecular formula is C17H15Cl2N4S2+. The van der Waals surface area contributed by atoms with Crippen molar-refractivity contribution in [2.75, 3.05) is 11.4 Å². The lowest BCUT2D eigenvalue weighted by atomic mass is 10.4. The third-order valence-corrected chi connectivity index (χ3v) is 6.16. The fourth-order valence-electron chi connectivity index (χ4n) is 2.74. The number of fused-ring (bicyclic) bond motifs is 2. The first-order valence-corrected chi connectivity index (χ1v) is 10.3. The summed E-state index contributed by atoms with van der Waals surface area (Å²) in [5, 5.41) is 2.37. The van der Waals surface area contributed by atoms with Crippen molar-refractivity contribution in [1.82, 2.24) is 9.97 Å². The highest BCUT2D eigenvalue weighted by Crippen LogP contribution is 2.23. The predicted molar refractivity (Wildman–Crippen MR) is 107 cm³/mol. The Morgan fingerprint density at radius 2 is 2.08 bits per heavy atom. The number of hydrogen-bond donors (Lipinski definition) is 0. The van der Waals surface area contributed by atoms with E-state index in [4.69, 9.17) is 33.2 Å². The van der Waals surface area contributed by atoms with Crippen LogP contribution in [0.3, 0.4) is 0 Å². The molecule has 8 heteroatoms. The van der Waals surface area contributed by atoms with Crippen LogP contribution in [0.15, 0.2) is 23.5 Å². The number of nitrogens with zero attached hydrogens (tertiary/aromatic N) is 4. The number of allylic oxidation sites excluding steroid dienone is 1. The van der Waals surface area contributed by atoms with Gasteiger partial charge in [0.05, 0.1) is 21.1 Å². The minimum atomic E-state index is 0.725. The van der Waals surface area contributed by atoms with Crippen LogP contribution in [-0.2, 0) is 6.54 Å². The molecule has 0 unspecified atom stereocenters. The second-order valence-electron chi connectivity index (χ2n) is 5.51. The van der Waals surface area contributed by atoms with E-state index in [1.54, 1.807) is 22.7 Å². The molecule has 0 fully saturated rings. The molecule has 25 heavy (non-hydrogen) atoms. The largest absolute Gasteiger partial charge is 0.342 e. The summed E-state index contributed by atoms with van der Waals surface area (Å²) in [4.78, 5) is 11.6. The molecule has 0 spiro atoms. The number of thiazole rings is 2. The van der Waals surface area contributed by atoms with Crippen LogP contribution in [0.4, 0.5) is 5.82 Å². The first kappa shape index (κ1) is 17.0. The van der Waals surface area contributed by atoms with E-state index in [0.717, 1.165) is 53.5 Å². The highest BCUT2D eigenvalue weighted by Gasteiger charge is 2.17. The van der Waals surface area contributed by atoms with Crippen LogP contribution in [0.2, 0.25) is 5.02 Å². The molecule has 1 aliphatic heterocycles. The Kier molecular flexibility index (Phi) is 4.54. The molecule has 0 saturated carbocycles. The van der Waals surface area contributed by atoms with Crippen LogP contribution in [0, 0.1) is 0 Å². The molecular weight excluding hydrogens is 395 g/mol. The number of halogens is 2. The highest BCUT2D eigenvalue weighted by molar-refractivity contribution is 7.19. The minimum Gasteiger partial charge on any atom is -0.331 e. The zero-order chi connectivity index (χ0) is 17.6. The number of aryl methyl sites for hydroxylation is 1. The Balaban J connectivity index is 1.83. The predicted octanol–water partition coefficient (Wildman–Crippen LogP) is 3.24. The monoisotopic (exact) mass is 409 g/mol. The Labute approximate surface area is 163 Å². The average molecular weight is 410 g/mol. The van der Waals surface area contributed by atoms with E-state index in [1.807, 2.05) is 30.6 Å². The normalized spacial score (nSPS) is 14.6. The van der Waals surface area contributed by atoms with E-state index in [-0.39, 0.29) is 0 Å². The van der Waals surface area contributed by atoms with Crippen LogP contribution < -0.4 is 18.7 Å². The summed E-state index contributed by atoms with van der Waals surface area (Å²) in [6.45, 7) is 5.82. The molecule has 1 aliphatic rings. The van der Waals surface area contributed by atoms with Crippen LogP contribution in [0.1, 0.15) is 18.9 Å². The zero-order valence-corrected chi connectivity index (χ0v) is 16.8. The van der Waals surface area contributed by atoms with Gasteiger partial charge in [0, 0.05) is 18.8 Å². The third-order valence-electron chi connectivity index (χ3n) is 3.87. The molecule has 0 N–H and O–H groups in total. The Morgan fingerprint density at radius 3 is 2.84 bits per heavy atom. The van der Waals surface area contributed by atoms with E-state index in [9.17, 15) is 0 Å². The van der Waals surface area contributed by atoms with Crippen molar-refractivity contribution in [2.24, 2.45) is 0 Å². The Bertz CT molecular complexity index is 1110. The van der Waals surface area contributed by atoms with Gasteiger partial charge in [-0.2, -0.15) is 0 Å². The number of rotatable bonds is 3. The lowest BCUT2D eigenvalue weighted by Crippen LogP contribution is -2.32. The van der Waals surface area contributed by atoms with Gasteiger partial charge in [-0.25, -0.2) is 9.55 Å². The molecule has 0 amide bonds. The second kappa shape index (κ2) is 6.68. The molecule has 3 aromatic rings. The van der Waals surface area contributed by atoms with E-state index in [1.165, 1.54) is 0 Å². The third kappa shape index (κ3) is 3.19. The maximum atomic E-state index is 6.20. The molecule has 0 aromatic carbocycles. The first-order valence-electron chi connectivity index (χ1n) is 7.91. The van der Waals surface area contributed by atoms with E-state index >= 15 is 0 Å². The summed E-state index contributed by atoms with van der Waals surface area (Å²) in [5.41, 5.74) is 0.955. The van der Waals surface area contributed by atoms with Crippen molar-refractivity contribution < 1.29 is 4.57 Å². The summed E-state index contributed by atoms with van der Waals surface area (Å²) < 4.78 is 5.14. The van der Waals surface area contributed by atoms with Gasteiger partial charge in [-0.3, -0.25) is 0 Å². The number of anilines is 1. The molecule has 3 aromatic heterocycles. The standard InChI is InChI=1S/C17H15Cl2N4S2/c1-3-22-8-10(18)5-12-16(22)20-14(24-12)7-15-21-17-13(25-15)6-11(19)9-23(17)4-2/h5-9H,3-4H2,1-2H3/q+1. The van der Waals surface area contributed by atoms with Crippen LogP contribution in [0.5, 0.6) is 0 Å². The van der Waals surface area contributed by atoms with E-state index < -0.39 is 0 Å². The molecule has 4 nitrogen and oxygen atoms in total. The van der Waals surface area contributed by atoms with Gasteiger partial charge in [0.15, 0.2) is 5.82 Å². The summed E-state index contributed by atoms with van der Waals surface area (Å²) in [6, 6.07) is 1.96. The molecule has 0 bridgehead atoms. The van der Waals surface area contributed by atoms with Crippen LogP contribution in [0.25, 0.3) is 22.5 Å². The maximum Gasteiger partial charge on any atom is 0.342 e. The van der Waals surface area contributed by atoms with Crippen molar-refractivity contribution in [2.45, 2.75) is 20.4 Å². The first-order chi connectivity index (χ1) is 12.1. The van der Waals surface area contributed by atoms with Gasteiger partial charge >= 0.3 is 5.65 Å². The van der Waals surface area contributed by atoms with Crippen molar-refractivity contribution >= 4 is 74.2 Å². The van der Waals surface area contributed by atoms with Crippen LogP contribution >= 0.6 is 45.9 Å². The van der Waals surface area contributed by atoms with E-state index in [2.05, 4.69) is 23.3 Å². The Hall–Kier alpha value is -1.47. The van der Waals surface area contributed by atoms with Gasteiger partial charge in [0.25, 0.3) is 0 Å². The van der Waals surface area contributed by atoms with Crippen molar-refractivity contribution in [3.8, 4) is 0 Å². The van der Waals surface area contributed by atoms with Gasteiger partial charge < -0.3 is 4.90 Å². The second-order valence-corrected chi connectivity index (χ2v) is 8.51. The molecule has 0 radical (unpaired) electrons. The topological polar surface area (TPSA) is 32.9 Å². The molecule has 4 heterocycles. The Morgan fingerprint density at radius 1 is 1.24 bits per heavy atom. The minimum absolute atomic E-state index is 0.725. The van der Waals surface area contributed by atoms with Crippen molar-refractivity contribution in [1.29, 1.82) is 0 Å². The number of pyridine rings is 1. The molecule has 4 rings (SSSR count). The zero-order valence-electron chi connectivity index (χ0n) is 13.7. The summed E-state index contributed by atoms with van der Waals surface area (Å²) in [7, 11) is 0. The smallest absolute Gasteiger partial charge is 0.331 e. The van der Waals surface area contributed by atoms with Crippen molar-refractivity contribution in [3.63, 3.8) is 0 Å². The summed E-state index contributed by atoms with van der Waals surface area (Å²) in [5.74, 6) is 0.955. The highest BCUT2D eigenvalue weighted by atomic mass is 35.5. The lowest BCUT2D eigenvalue weighted by molar-refractivity contribution is -0.669. The quantitative estimate of drug-likeness (QED) is 0.622. The maximum absolute atomic E-state index is 6.20. The molecule has 128 valence electrons. The van der Waals surface area contributed by atoms with Gasteiger partial charge in [-0.15, -0.1) is 11.3 Å². The van der Waals surface area contributed by atoms with Gasteiger partial charge in [-0.05, 0) is 31.0 Å². The average Bonchev–Trinajstić information content (AvgIpc) is 3.16. The molecule has 0 saturated heterocycles. The van der Waals surface area contributed by atoms with Crippen molar-refractivity contribution in [3.05, 3.63) is 42.7 Å². The molecule has 0 aliphatic carbocycles. The van der Waals surface area contributed by atoms with Gasteiger partial charge in [0.2, 0.25) is 5.01 Å². The van der Waals surface area contributed by atoms with Gasteiger partial charge in [-0.1, -0.05) is 34.5 Å². The van der Waals surface area contributed by atoms with E-state index in [0.29, 0.717) is 0 Å². The fraction of sp³-hybridized carbons (Fsp3) is 0.235. The lowest BCUT2D eigenvalue weighted by Gasteiger charge is -2.18. The molecule has 0 atom stereocenters. The van der Waals surface area contributed by atoms with Crippen LogP contribution in [-0.4, -0.2) is 16.5 Å². The SMILES string of the molecule is CCN1C=C(Cl)C=c2s/c(=C\c3nc4c(cc(Cl)c[n+]4CC)s3)nc21. The summed E-state index contributed by atoms with van der Waals surface area (Å²) >= 11 is 15.6. The number of aromatic nitrogens is 3. The number of hydrogen-bond acceptors (Lipinski definition) is 5. The fourth-order valence-corrected chi connectivity index (χ4v) is 5.33. The summed E-state index contributed by atoms with van der Waals surface area (Å²) in [6.07, 6.45) is 7.81.